The van der Waals surface area contributed by atoms with Crippen LogP contribution in [0.15, 0.2) is 35.2 Å². The average Bonchev–Trinajstić information content (AvgIpc) is 2.72. The Kier molecular flexibility index (Phi) is 3.79. The van der Waals surface area contributed by atoms with Gasteiger partial charge in [0.05, 0.1) is 5.69 Å². The summed E-state index contributed by atoms with van der Waals surface area (Å²) in [5.74, 6) is 0. The lowest BCUT2D eigenvalue weighted by molar-refractivity contribution is 0.598. The van der Waals surface area contributed by atoms with E-state index in [1.54, 1.807) is 23.5 Å². The van der Waals surface area contributed by atoms with Crippen molar-refractivity contribution < 1.29 is 8.42 Å². The molecule has 0 saturated heterocycles. The van der Waals surface area contributed by atoms with E-state index in [0.717, 1.165) is 4.88 Å². The molecule has 0 saturated carbocycles. The van der Waals surface area contributed by atoms with Crippen LogP contribution in [0, 0.1) is 6.92 Å². The van der Waals surface area contributed by atoms with Gasteiger partial charge in [-0.1, -0.05) is 0 Å². The minimum absolute atomic E-state index is 0.0146. The third kappa shape index (κ3) is 3.46. The van der Waals surface area contributed by atoms with Crippen molar-refractivity contribution in [3.8, 4) is 0 Å². The van der Waals surface area contributed by atoms with Crippen LogP contribution in [0.3, 0.4) is 0 Å². The number of hydrogen-bond acceptors (Lipinski definition) is 5. The lowest BCUT2D eigenvalue weighted by atomic mass is 10.3. The lowest BCUT2D eigenvalue weighted by Gasteiger charge is -2.10. The minimum atomic E-state index is -3.79. The Bertz CT molecular complexity index is 693. The molecule has 2 rings (SSSR count). The molecule has 5 N–H and O–H groups in total. The number of nitrogens with one attached hydrogen (secondary N) is 1. The van der Waals surface area contributed by atoms with Crippen molar-refractivity contribution in [1.29, 1.82) is 0 Å². The highest BCUT2D eigenvalue weighted by atomic mass is 32.2. The highest BCUT2D eigenvalue weighted by molar-refractivity contribution is 7.89. The molecule has 0 fully saturated rings. The number of primary sulfonamides is 1. The molecule has 0 atom stereocenters. The first-order valence-corrected chi connectivity index (χ1v) is 7.94. The van der Waals surface area contributed by atoms with E-state index in [-0.39, 0.29) is 4.90 Å². The Morgan fingerprint density at radius 2 is 2.00 bits per heavy atom. The van der Waals surface area contributed by atoms with Crippen LogP contribution in [-0.4, -0.2) is 8.42 Å². The van der Waals surface area contributed by atoms with E-state index in [4.69, 9.17) is 10.9 Å². The van der Waals surface area contributed by atoms with Gasteiger partial charge in [0, 0.05) is 22.0 Å². The molecular formula is C12H15N3O2S2. The molecule has 0 aliphatic carbocycles. The van der Waals surface area contributed by atoms with Crippen molar-refractivity contribution in [2.75, 3.05) is 11.1 Å². The molecule has 0 unspecified atom stereocenters. The first kappa shape index (κ1) is 13.9. The van der Waals surface area contributed by atoms with E-state index in [1.165, 1.54) is 10.9 Å². The van der Waals surface area contributed by atoms with Crippen LogP contribution in [0.2, 0.25) is 0 Å². The molecule has 5 nitrogen and oxygen atoms in total. The number of sulfonamides is 1. The molecule has 0 spiro atoms. The van der Waals surface area contributed by atoms with Crippen LogP contribution < -0.4 is 16.2 Å². The minimum Gasteiger partial charge on any atom is -0.399 e. The van der Waals surface area contributed by atoms with Crippen LogP contribution >= 0.6 is 11.3 Å². The highest BCUT2D eigenvalue weighted by Crippen LogP contribution is 2.24. The maximum absolute atomic E-state index is 11.5. The smallest absolute Gasteiger partial charge is 0.240 e. The average molecular weight is 297 g/mol. The maximum Gasteiger partial charge on any atom is 0.240 e. The van der Waals surface area contributed by atoms with Crippen LogP contribution in [0.25, 0.3) is 0 Å². The fourth-order valence-electron chi connectivity index (χ4n) is 1.68. The van der Waals surface area contributed by atoms with Gasteiger partial charge in [-0.15, -0.1) is 11.3 Å². The number of anilines is 2. The zero-order valence-corrected chi connectivity index (χ0v) is 12.0. The lowest BCUT2D eigenvalue weighted by Crippen LogP contribution is -2.15. The second-order valence-electron chi connectivity index (χ2n) is 4.17. The van der Waals surface area contributed by atoms with Gasteiger partial charge in [-0.25, -0.2) is 13.6 Å². The molecule has 0 amide bonds. The van der Waals surface area contributed by atoms with Crippen LogP contribution in [-0.2, 0) is 16.6 Å². The van der Waals surface area contributed by atoms with Gasteiger partial charge in [-0.05, 0) is 37.3 Å². The molecule has 19 heavy (non-hydrogen) atoms. The van der Waals surface area contributed by atoms with Crippen LogP contribution in [0.4, 0.5) is 11.4 Å². The summed E-state index contributed by atoms with van der Waals surface area (Å²) >= 11 is 1.66. The Labute approximate surface area is 116 Å². The molecule has 7 heteroatoms. The second kappa shape index (κ2) is 5.20. The molecule has 0 aliphatic rings. The second-order valence-corrected chi connectivity index (χ2v) is 7.07. The first-order chi connectivity index (χ1) is 8.86. The van der Waals surface area contributed by atoms with E-state index in [1.807, 2.05) is 19.1 Å². The quantitative estimate of drug-likeness (QED) is 0.751. The summed E-state index contributed by atoms with van der Waals surface area (Å²) in [5, 5.41) is 8.25. The van der Waals surface area contributed by atoms with Gasteiger partial charge in [0.2, 0.25) is 10.0 Å². The van der Waals surface area contributed by atoms with Crippen molar-refractivity contribution in [2.24, 2.45) is 5.14 Å². The molecule has 0 aliphatic heterocycles. The summed E-state index contributed by atoms with van der Waals surface area (Å²) in [5.41, 5.74) is 6.41. The number of thiophene rings is 1. The molecule has 0 bridgehead atoms. The number of benzene rings is 1. The molecule has 0 radical (unpaired) electrons. The number of rotatable bonds is 4. The summed E-state index contributed by atoms with van der Waals surface area (Å²) in [7, 11) is -3.79. The molecule has 1 heterocycles. The van der Waals surface area contributed by atoms with E-state index in [2.05, 4.69) is 5.32 Å². The molecule has 1 aromatic carbocycles. The SMILES string of the molecule is Cc1ccc(CNc2ccc(N)cc2S(N)(=O)=O)s1. The van der Waals surface area contributed by atoms with Crippen LogP contribution in [0.5, 0.6) is 0 Å². The van der Waals surface area contributed by atoms with Crippen molar-refractivity contribution in [1.82, 2.24) is 0 Å². The molecule has 2 aromatic rings. The number of nitrogens with two attached hydrogens (primary N) is 2. The van der Waals surface area contributed by atoms with Crippen molar-refractivity contribution >= 4 is 32.7 Å². The standard InChI is InChI=1S/C12H15N3O2S2/c1-8-2-4-10(18-8)7-15-11-5-3-9(13)6-12(11)19(14,16)17/h2-6,15H,7,13H2,1H3,(H2,14,16,17). The Morgan fingerprint density at radius 3 is 2.58 bits per heavy atom. The van der Waals surface area contributed by atoms with Gasteiger partial charge in [0.15, 0.2) is 0 Å². The summed E-state index contributed by atoms with van der Waals surface area (Å²) in [6.07, 6.45) is 0. The number of hydrogen-bond donors (Lipinski definition) is 3. The Morgan fingerprint density at radius 1 is 1.26 bits per heavy atom. The zero-order chi connectivity index (χ0) is 14.0. The van der Waals surface area contributed by atoms with Gasteiger partial charge in [-0.2, -0.15) is 0 Å². The third-order valence-corrected chi connectivity index (χ3v) is 4.51. The van der Waals surface area contributed by atoms with Crippen molar-refractivity contribution in [3.63, 3.8) is 0 Å². The largest absolute Gasteiger partial charge is 0.399 e. The van der Waals surface area contributed by atoms with Crippen molar-refractivity contribution in [3.05, 3.63) is 40.1 Å². The maximum atomic E-state index is 11.5. The summed E-state index contributed by atoms with van der Waals surface area (Å²) in [4.78, 5) is 2.34. The highest BCUT2D eigenvalue weighted by Gasteiger charge is 2.14. The predicted molar refractivity (Wildman–Crippen MR) is 78.6 cm³/mol. The summed E-state index contributed by atoms with van der Waals surface area (Å²) in [6, 6.07) is 8.63. The van der Waals surface area contributed by atoms with Crippen LogP contribution in [0.1, 0.15) is 9.75 Å². The normalized spacial score (nSPS) is 11.5. The zero-order valence-electron chi connectivity index (χ0n) is 10.4. The fraction of sp³-hybridized carbons (Fsp3) is 0.167. The Hall–Kier alpha value is -1.57. The molecule has 102 valence electrons. The monoisotopic (exact) mass is 297 g/mol. The van der Waals surface area contributed by atoms with E-state index >= 15 is 0 Å². The van der Waals surface area contributed by atoms with E-state index in [0.29, 0.717) is 17.9 Å². The first-order valence-electron chi connectivity index (χ1n) is 5.58. The van der Waals surface area contributed by atoms with Gasteiger partial charge in [-0.3, -0.25) is 0 Å². The molecular weight excluding hydrogens is 282 g/mol. The van der Waals surface area contributed by atoms with Crippen molar-refractivity contribution in [2.45, 2.75) is 18.4 Å². The third-order valence-electron chi connectivity index (χ3n) is 2.56. The van der Waals surface area contributed by atoms with Gasteiger partial charge < -0.3 is 11.1 Å². The van der Waals surface area contributed by atoms with Gasteiger partial charge in [0.1, 0.15) is 4.90 Å². The van der Waals surface area contributed by atoms with E-state index in [9.17, 15) is 8.42 Å². The van der Waals surface area contributed by atoms with Gasteiger partial charge >= 0.3 is 0 Å². The summed E-state index contributed by atoms with van der Waals surface area (Å²) in [6.45, 7) is 2.57. The molecule has 1 aromatic heterocycles. The summed E-state index contributed by atoms with van der Waals surface area (Å²) < 4.78 is 23.0. The van der Waals surface area contributed by atoms with E-state index < -0.39 is 10.0 Å². The van der Waals surface area contributed by atoms with Gasteiger partial charge in [0.25, 0.3) is 0 Å². The predicted octanol–water partition coefficient (Wildman–Crippen LogP) is 1.90. The Balaban J connectivity index is 2.25. The topological polar surface area (TPSA) is 98.2 Å². The number of aryl methyl sites for hydroxylation is 1. The number of nitrogen functional groups attached to an aromatic ring is 1. The fourth-order valence-corrected chi connectivity index (χ4v) is 3.26.